The summed E-state index contributed by atoms with van der Waals surface area (Å²) in [5, 5.41) is 18.8. The Balaban J connectivity index is 2.86. The second-order valence-corrected chi connectivity index (χ2v) is 3.44. The molecule has 0 aliphatic heterocycles. The van der Waals surface area contributed by atoms with Crippen LogP contribution < -0.4 is 0 Å². The molecule has 16 heavy (non-hydrogen) atoms. The highest BCUT2D eigenvalue weighted by Crippen LogP contribution is 2.25. The number of hydrogen-bond donors (Lipinski definition) is 2. The zero-order chi connectivity index (χ0) is 11.9. The molecule has 0 fully saturated rings. The normalized spacial score (nSPS) is 10.6. The van der Waals surface area contributed by atoms with Crippen molar-refractivity contribution < 1.29 is 19.8 Å². The Bertz CT molecular complexity index is 597. The fourth-order valence-electron chi connectivity index (χ4n) is 1.68. The number of rotatable bonds is 1. The summed E-state index contributed by atoms with van der Waals surface area (Å²) >= 11 is 0. The predicted molar refractivity (Wildman–Crippen MR) is 56.9 cm³/mol. The molecule has 0 atom stereocenters. The Morgan fingerprint density at radius 1 is 1.31 bits per heavy atom. The van der Waals surface area contributed by atoms with E-state index in [1.807, 2.05) is 0 Å². The van der Waals surface area contributed by atoms with Crippen molar-refractivity contribution in [2.24, 2.45) is 0 Å². The molecule has 82 valence electrons. The van der Waals surface area contributed by atoms with E-state index < -0.39 is 5.97 Å². The lowest BCUT2D eigenvalue weighted by Gasteiger charge is -2.02. The highest BCUT2D eigenvalue weighted by atomic mass is 16.4. The van der Waals surface area contributed by atoms with Crippen LogP contribution in [0, 0.1) is 0 Å². The van der Waals surface area contributed by atoms with Crippen LogP contribution in [-0.4, -0.2) is 26.7 Å². The molecular formula is C11H9NO4. The molecule has 5 heteroatoms. The minimum Gasteiger partial charge on any atom is -0.508 e. The molecule has 0 radical (unpaired) electrons. The van der Waals surface area contributed by atoms with Gasteiger partial charge in [0.1, 0.15) is 5.75 Å². The molecule has 2 rings (SSSR count). The van der Waals surface area contributed by atoms with Gasteiger partial charge in [0, 0.05) is 24.6 Å². The Labute approximate surface area is 90.5 Å². The lowest BCUT2D eigenvalue weighted by atomic mass is 10.1. The van der Waals surface area contributed by atoms with Gasteiger partial charge < -0.3 is 10.2 Å². The second kappa shape index (κ2) is 3.37. The van der Waals surface area contributed by atoms with Crippen LogP contribution in [0.15, 0.2) is 24.4 Å². The summed E-state index contributed by atoms with van der Waals surface area (Å²) in [6.07, 6.45) is 1.48. The van der Waals surface area contributed by atoms with Crippen LogP contribution in [0.4, 0.5) is 0 Å². The van der Waals surface area contributed by atoms with E-state index in [0.717, 1.165) is 6.07 Å². The molecule has 0 amide bonds. The maximum atomic E-state index is 11.2. The first-order valence-corrected chi connectivity index (χ1v) is 4.59. The summed E-state index contributed by atoms with van der Waals surface area (Å²) in [5.74, 6) is -1.55. The van der Waals surface area contributed by atoms with Gasteiger partial charge in [-0.15, -0.1) is 0 Å². The summed E-state index contributed by atoms with van der Waals surface area (Å²) < 4.78 is 1.29. The van der Waals surface area contributed by atoms with Gasteiger partial charge in [0.25, 0.3) is 0 Å². The number of nitrogens with zero attached hydrogens (tertiary/aromatic N) is 1. The van der Waals surface area contributed by atoms with Crippen molar-refractivity contribution in [2.45, 2.75) is 6.92 Å². The number of phenols is 1. The number of aromatic nitrogens is 1. The van der Waals surface area contributed by atoms with Gasteiger partial charge in [0.2, 0.25) is 5.91 Å². The number of aromatic carboxylic acids is 1. The van der Waals surface area contributed by atoms with Gasteiger partial charge in [-0.1, -0.05) is 0 Å². The second-order valence-electron chi connectivity index (χ2n) is 3.44. The zero-order valence-electron chi connectivity index (χ0n) is 8.47. The number of fused-ring (bicyclic) bond motifs is 1. The lowest BCUT2D eigenvalue weighted by Crippen LogP contribution is -2.04. The van der Waals surface area contributed by atoms with E-state index >= 15 is 0 Å². The van der Waals surface area contributed by atoms with E-state index in [1.54, 1.807) is 6.07 Å². The molecule has 0 aliphatic carbocycles. The van der Waals surface area contributed by atoms with Crippen molar-refractivity contribution in [3.63, 3.8) is 0 Å². The fourth-order valence-corrected chi connectivity index (χ4v) is 1.68. The SMILES string of the molecule is CC(=O)n1ccc2c(C(=O)O)cc(O)cc21. The van der Waals surface area contributed by atoms with Crippen molar-refractivity contribution in [3.05, 3.63) is 30.0 Å². The number of hydrogen-bond acceptors (Lipinski definition) is 3. The first-order chi connectivity index (χ1) is 7.50. The van der Waals surface area contributed by atoms with E-state index in [9.17, 15) is 14.7 Å². The van der Waals surface area contributed by atoms with Gasteiger partial charge in [-0.05, 0) is 12.1 Å². The summed E-state index contributed by atoms with van der Waals surface area (Å²) in [6.45, 7) is 1.37. The maximum Gasteiger partial charge on any atom is 0.336 e. The number of carbonyl (C=O) groups excluding carboxylic acids is 1. The Morgan fingerprint density at radius 3 is 2.56 bits per heavy atom. The van der Waals surface area contributed by atoms with Gasteiger partial charge in [-0.25, -0.2) is 4.79 Å². The molecule has 0 aliphatic rings. The highest BCUT2D eigenvalue weighted by Gasteiger charge is 2.14. The van der Waals surface area contributed by atoms with E-state index in [4.69, 9.17) is 5.11 Å². The van der Waals surface area contributed by atoms with E-state index in [0.29, 0.717) is 10.9 Å². The van der Waals surface area contributed by atoms with Gasteiger partial charge in [0.05, 0.1) is 11.1 Å². The number of benzene rings is 1. The van der Waals surface area contributed by atoms with Crippen molar-refractivity contribution in [1.29, 1.82) is 0 Å². The number of carboxylic acids is 1. The Kier molecular flexibility index (Phi) is 2.16. The van der Waals surface area contributed by atoms with Crippen LogP contribution in [-0.2, 0) is 0 Å². The van der Waals surface area contributed by atoms with Crippen molar-refractivity contribution >= 4 is 22.8 Å². The molecule has 0 saturated heterocycles. The van der Waals surface area contributed by atoms with Crippen LogP contribution in [0.25, 0.3) is 10.9 Å². The minimum atomic E-state index is -1.14. The molecule has 2 N–H and O–H groups in total. The zero-order valence-corrected chi connectivity index (χ0v) is 8.47. The fraction of sp³-hybridized carbons (Fsp3) is 0.0909. The molecule has 2 aromatic rings. The summed E-state index contributed by atoms with van der Waals surface area (Å²) in [7, 11) is 0. The van der Waals surface area contributed by atoms with E-state index in [-0.39, 0.29) is 17.2 Å². The van der Waals surface area contributed by atoms with Crippen molar-refractivity contribution in [2.75, 3.05) is 0 Å². The van der Waals surface area contributed by atoms with Crippen LogP contribution in [0.2, 0.25) is 0 Å². The predicted octanol–water partition coefficient (Wildman–Crippen LogP) is 1.71. The standard InChI is InChI=1S/C11H9NO4/c1-6(13)12-3-2-8-9(11(15)16)4-7(14)5-10(8)12/h2-5,14H,1H3,(H,15,16). The largest absolute Gasteiger partial charge is 0.508 e. The van der Waals surface area contributed by atoms with E-state index in [1.165, 1.54) is 23.8 Å². The number of carboxylic acid groups (broad SMARTS) is 1. The van der Waals surface area contributed by atoms with Crippen LogP contribution >= 0.6 is 0 Å². The summed E-state index contributed by atoms with van der Waals surface area (Å²) in [5.41, 5.74) is 0.375. The third kappa shape index (κ3) is 1.42. The molecule has 0 unspecified atom stereocenters. The van der Waals surface area contributed by atoms with Gasteiger partial charge >= 0.3 is 5.97 Å². The monoisotopic (exact) mass is 219 g/mol. The molecule has 0 saturated carbocycles. The first kappa shape index (κ1) is 10.2. The third-order valence-corrected chi connectivity index (χ3v) is 2.36. The Morgan fingerprint density at radius 2 is 2.00 bits per heavy atom. The number of phenolic OH excluding ortho intramolecular Hbond substituents is 1. The number of carbonyl (C=O) groups is 2. The maximum absolute atomic E-state index is 11.2. The summed E-state index contributed by atoms with van der Waals surface area (Å²) in [6, 6.07) is 4.07. The van der Waals surface area contributed by atoms with Crippen molar-refractivity contribution in [1.82, 2.24) is 4.57 Å². The first-order valence-electron chi connectivity index (χ1n) is 4.59. The van der Waals surface area contributed by atoms with E-state index in [2.05, 4.69) is 0 Å². The lowest BCUT2D eigenvalue weighted by molar-refractivity contribution is 0.0698. The topological polar surface area (TPSA) is 79.5 Å². The number of aromatic hydroxyl groups is 1. The van der Waals surface area contributed by atoms with Gasteiger partial charge in [0.15, 0.2) is 0 Å². The molecule has 0 spiro atoms. The smallest absolute Gasteiger partial charge is 0.336 e. The molecule has 1 heterocycles. The molecule has 5 nitrogen and oxygen atoms in total. The highest BCUT2D eigenvalue weighted by molar-refractivity contribution is 6.05. The molecule has 0 bridgehead atoms. The minimum absolute atomic E-state index is 0.0185. The average molecular weight is 219 g/mol. The van der Waals surface area contributed by atoms with Gasteiger partial charge in [-0.2, -0.15) is 0 Å². The Hall–Kier alpha value is -2.30. The quantitative estimate of drug-likeness (QED) is 0.765. The molecule has 1 aromatic carbocycles. The average Bonchev–Trinajstić information content (AvgIpc) is 2.59. The van der Waals surface area contributed by atoms with Crippen LogP contribution in [0.3, 0.4) is 0 Å². The summed E-state index contributed by atoms with van der Waals surface area (Å²) in [4.78, 5) is 22.2. The molecular weight excluding hydrogens is 210 g/mol. The van der Waals surface area contributed by atoms with Gasteiger partial charge in [-0.3, -0.25) is 9.36 Å². The third-order valence-electron chi connectivity index (χ3n) is 2.36. The van der Waals surface area contributed by atoms with Crippen LogP contribution in [0.1, 0.15) is 22.1 Å². The van der Waals surface area contributed by atoms with Crippen molar-refractivity contribution in [3.8, 4) is 5.75 Å². The van der Waals surface area contributed by atoms with Crippen LogP contribution in [0.5, 0.6) is 5.75 Å². The molecule has 1 aromatic heterocycles.